The number of nitrogens with one attached hydrogen (secondary N) is 4. The number of pyridine rings is 4. The molecule has 8 aromatic heterocycles. The topological polar surface area (TPSA) is 151 Å². The van der Waals surface area contributed by atoms with E-state index in [4.69, 9.17) is 0 Å². The standard InChI is InChI=1S/C68H52N8O4/c77-61-9-1-5-37-73(61)41-45-13-21-49(22-14-45)65-53-29-31-55(69-53)66(50-23-15-46(16-24-50)42-74-38-6-2-10-62(74)78)57-33-35-59(71-57)68(52-27-19-48(20-28-52)44-76-40-8-4-12-64(76)80)60-36-34-58(72-60)67(56-32-30-54(65)70-56)51-25-17-47(18-26-51)43-75-39-7-3-11-63(75)79/h1-40,69-72H,41-44H2. The lowest BCUT2D eigenvalue weighted by Crippen LogP contribution is -2.19. The second-order valence-corrected chi connectivity index (χ2v) is 20.1. The number of fused-ring (bicyclic) bond motifs is 8. The van der Waals surface area contributed by atoms with Crippen LogP contribution in [0.4, 0.5) is 0 Å². The van der Waals surface area contributed by atoms with Crippen LogP contribution in [0.5, 0.6) is 0 Å². The van der Waals surface area contributed by atoms with Crippen molar-refractivity contribution in [1.29, 1.82) is 0 Å². The van der Waals surface area contributed by atoms with Crippen molar-refractivity contribution in [2.75, 3.05) is 0 Å². The summed E-state index contributed by atoms with van der Waals surface area (Å²) in [6, 6.07) is 71.3. The highest BCUT2D eigenvalue weighted by atomic mass is 16.1. The van der Waals surface area contributed by atoms with Crippen molar-refractivity contribution < 1.29 is 0 Å². The molecule has 0 saturated carbocycles. The van der Waals surface area contributed by atoms with E-state index in [1.165, 1.54) is 0 Å². The van der Waals surface area contributed by atoms with Crippen molar-refractivity contribution in [3.8, 4) is 0 Å². The number of benzene rings is 4. The van der Waals surface area contributed by atoms with Crippen molar-refractivity contribution in [2.24, 2.45) is 0 Å². The molecule has 4 aromatic carbocycles. The van der Waals surface area contributed by atoms with E-state index in [9.17, 15) is 19.2 Å². The summed E-state index contributed by atoms with van der Waals surface area (Å²) < 4.78 is 6.80. The SMILES string of the molecule is O=c1ccccn1Cc1ccc(C2=c3ccc([nH]3)=C(c3ccc(Cn4ccccc4=O)cc3)c3ccc([nH]3)C(c3ccc(Cn4ccccc4=O)cc3)=c3ccc([nH]3)=C(c3ccc(Cn4ccccc4=O)cc3)c3ccc2[nH]3)cc1. The predicted molar refractivity (Wildman–Crippen MR) is 313 cm³/mol. The van der Waals surface area contributed by atoms with Gasteiger partial charge < -0.3 is 38.2 Å². The predicted octanol–water partition coefficient (Wildman–Crippen LogP) is 7.14. The Morgan fingerprint density at radius 3 is 0.675 bits per heavy atom. The fraction of sp³-hybridized carbons (Fsp3) is 0.0588. The molecule has 1 aliphatic rings. The molecule has 0 aliphatic carbocycles. The van der Waals surface area contributed by atoms with Crippen molar-refractivity contribution in [2.45, 2.75) is 26.2 Å². The van der Waals surface area contributed by atoms with Gasteiger partial charge in [-0.25, -0.2) is 0 Å². The van der Waals surface area contributed by atoms with E-state index in [1.54, 1.807) is 91.6 Å². The van der Waals surface area contributed by atoms with Crippen LogP contribution in [-0.2, 0) is 26.2 Å². The molecule has 13 rings (SSSR count). The summed E-state index contributed by atoms with van der Waals surface area (Å²) in [4.78, 5) is 66.5. The van der Waals surface area contributed by atoms with Gasteiger partial charge in [-0.3, -0.25) is 19.2 Å². The van der Waals surface area contributed by atoms with Crippen LogP contribution < -0.4 is 43.6 Å². The molecule has 0 fully saturated rings. The minimum atomic E-state index is -0.0614. The third-order valence-corrected chi connectivity index (χ3v) is 14.9. The lowest BCUT2D eigenvalue weighted by Gasteiger charge is -2.12. The van der Waals surface area contributed by atoms with E-state index in [2.05, 4.69) is 166 Å². The fourth-order valence-electron chi connectivity index (χ4n) is 10.8. The summed E-state index contributed by atoms with van der Waals surface area (Å²) in [7, 11) is 0. The van der Waals surface area contributed by atoms with Crippen molar-refractivity contribution in [3.05, 3.63) is 373 Å². The van der Waals surface area contributed by atoms with E-state index in [0.29, 0.717) is 26.2 Å². The highest BCUT2D eigenvalue weighted by molar-refractivity contribution is 5.85. The van der Waals surface area contributed by atoms with Crippen molar-refractivity contribution in [3.63, 3.8) is 0 Å². The third-order valence-electron chi connectivity index (χ3n) is 14.9. The minimum absolute atomic E-state index is 0.0614. The molecule has 0 atom stereocenters. The summed E-state index contributed by atoms with van der Waals surface area (Å²) in [5.74, 6) is 0. The Bertz CT molecular complexity index is 4190. The summed E-state index contributed by atoms with van der Waals surface area (Å²) in [6.45, 7) is 1.74. The number of aromatic nitrogens is 8. The number of hydrogen-bond donors (Lipinski definition) is 4. The highest BCUT2D eigenvalue weighted by Crippen LogP contribution is 2.29. The molecule has 0 amide bonds. The highest BCUT2D eigenvalue weighted by Gasteiger charge is 2.19. The van der Waals surface area contributed by atoms with Gasteiger partial charge in [0.15, 0.2) is 0 Å². The van der Waals surface area contributed by atoms with E-state index in [0.717, 1.165) is 111 Å². The van der Waals surface area contributed by atoms with Gasteiger partial charge in [-0.15, -0.1) is 0 Å². The van der Waals surface area contributed by atoms with Gasteiger partial charge >= 0.3 is 0 Å². The van der Waals surface area contributed by atoms with E-state index in [1.807, 2.05) is 24.3 Å². The summed E-state index contributed by atoms with van der Waals surface area (Å²) in [6.07, 6.45) is 7.23. The molecule has 0 spiro atoms. The fourth-order valence-corrected chi connectivity index (χ4v) is 10.8. The zero-order chi connectivity index (χ0) is 54.1. The maximum atomic E-state index is 12.7. The van der Waals surface area contributed by atoms with Crippen LogP contribution in [0, 0.1) is 0 Å². The van der Waals surface area contributed by atoms with Gasteiger partial charge in [0.2, 0.25) is 0 Å². The molecular weight excluding hydrogens is 993 g/mol. The van der Waals surface area contributed by atoms with Gasteiger partial charge in [0.1, 0.15) is 0 Å². The first kappa shape index (κ1) is 48.9. The smallest absolute Gasteiger partial charge is 0.250 e. The summed E-state index contributed by atoms with van der Waals surface area (Å²) in [5, 5.41) is 3.52. The van der Waals surface area contributed by atoms with Crippen molar-refractivity contribution in [1.82, 2.24) is 38.2 Å². The molecule has 0 saturated heterocycles. The van der Waals surface area contributed by atoms with Crippen LogP contribution in [0.3, 0.4) is 0 Å². The molecule has 8 bridgehead atoms. The molecular formula is C68H52N8O4. The zero-order valence-electron chi connectivity index (χ0n) is 43.3. The van der Waals surface area contributed by atoms with Crippen molar-refractivity contribution >= 4 is 22.3 Å². The lowest BCUT2D eigenvalue weighted by molar-refractivity contribution is 0.759. The van der Waals surface area contributed by atoms with Gasteiger partial charge in [0, 0.05) is 116 Å². The summed E-state index contributed by atoms with van der Waals surface area (Å²) >= 11 is 0. The number of hydrogen-bond acceptors (Lipinski definition) is 4. The Hall–Kier alpha value is -10.7. The van der Waals surface area contributed by atoms with Crippen LogP contribution in [0.15, 0.2) is 262 Å². The third kappa shape index (κ3) is 9.84. The van der Waals surface area contributed by atoms with E-state index in [-0.39, 0.29) is 22.2 Å². The van der Waals surface area contributed by atoms with E-state index < -0.39 is 0 Å². The molecule has 0 unspecified atom stereocenters. The first-order valence-electron chi connectivity index (χ1n) is 26.5. The number of aromatic amines is 4. The second-order valence-electron chi connectivity index (χ2n) is 20.1. The molecule has 0 radical (unpaired) electrons. The zero-order valence-corrected chi connectivity index (χ0v) is 43.3. The normalized spacial score (nSPS) is 12.3. The van der Waals surface area contributed by atoms with E-state index >= 15 is 0 Å². The number of H-pyrrole nitrogens is 4. The van der Waals surface area contributed by atoms with Crippen LogP contribution in [0.1, 0.15) is 67.3 Å². The Morgan fingerprint density at radius 2 is 0.463 bits per heavy atom. The second kappa shape index (κ2) is 21.0. The van der Waals surface area contributed by atoms with Gasteiger partial charge in [-0.1, -0.05) is 121 Å². The largest absolute Gasteiger partial charge is 0.354 e. The van der Waals surface area contributed by atoms with Crippen LogP contribution in [0.2, 0.25) is 0 Å². The lowest BCUT2D eigenvalue weighted by atomic mass is 10.0. The molecule has 1 aliphatic heterocycles. The Kier molecular flexibility index (Phi) is 12.8. The Balaban J connectivity index is 1.02. The number of nitrogens with zero attached hydrogens (tertiary/aromatic N) is 4. The minimum Gasteiger partial charge on any atom is -0.354 e. The average molecular weight is 1050 g/mol. The van der Waals surface area contributed by atoms with Gasteiger partial charge in [0.05, 0.1) is 26.2 Å². The maximum absolute atomic E-state index is 12.7. The molecule has 4 N–H and O–H groups in total. The maximum Gasteiger partial charge on any atom is 0.250 e. The van der Waals surface area contributed by atoms with Crippen LogP contribution in [-0.4, -0.2) is 38.2 Å². The van der Waals surface area contributed by atoms with Gasteiger partial charge in [0.25, 0.3) is 22.2 Å². The molecule has 12 nitrogen and oxygen atoms in total. The first-order valence-corrected chi connectivity index (χ1v) is 26.5. The van der Waals surface area contributed by atoms with Crippen LogP contribution in [0.25, 0.3) is 22.3 Å². The molecule has 388 valence electrons. The monoisotopic (exact) mass is 1040 g/mol. The van der Waals surface area contributed by atoms with Gasteiger partial charge in [-0.2, -0.15) is 0 Å². The molecule has 12 aromatic rings. The quantitative estimate of drug-likeness (QED) is 0.103. The van der Waals surface area contributed by atoms with Gasteiger partial charge in [-0.05, 0) is 117 Å². The first-order chi connectivity index (χ1) is 39.2. The average Bonchev–Trinajstić information content (AvgIpc) is 4.50. The number of rotatable bonds is 12. The Labute approximate surface area is 457 Å². The Morgan fingerprint density at radius 1 is 0.237 bits per heavy atom. The molecule has 80 heavy (non-hydrogen) atoms. The molecule has 9 heterocycles. The summed E-state index contributed by atoms with van der Waals surface area (Å²) in [5.41, 5.74) is 14.9. The molecule has 12 heteroatoms. The van der Waals surface area contributed by atoms with Crippen LogP contribution >= 0.6 is 0 Å².